The summed E-state index contributed by atoms with van der Waals surface area (Å²) in [5.74, 6) is 2.03. The molecule has 1 amide bonds. The molecule has 2 rings (SSSR count). The topological polar surface area (TPSA) is 58.2 Å². The molecule has 0 aromatic carbocycles. The number of rotatable bonds is 5. The van der Waals surface area contributed by atoms with Gasteiger partial charge in [-0.2, -0.15) is 0 Å². The Morgan fingerprint density at radius 2 is 2.17 bits per heavy atom. The van der Waals surface area contributed by atoms with Gasteiger partial charge in [-0.25, -0.2) is 0 Å². The van der Waals surface area contributed by atoms with E-state index in [0.717, 1.165) is 6.42 Å². The van der Waals surface area contributed by atoms with E-state index in [9.17, 15) is 9.00 Å². The minimum absolute atomic E-state index is 0.0202. The largest absolute Gasteiger partial charge is 0.354 e. The van der Waals surface area contributed by atoms with Crippen LogP contribution in [-0.2, 0) is 15.6 Å². The van der Waals surface area contributed by atoms with Gasteiger partial charge in [-0.05, 0) is 25.2 Å². The van der Waals surface area contributed by atoms with Crippen molar-refractivity contribution in [2.75, 3.05) is 18.1 Å². The fourth-order valence-corrected chi connectivity index (χ4v) is 3.70. The maximum absolute atomic E-state index is 12.0. The quantitative estimate of drug-likeness (QED) is 0.778. The van der Waals surface area contributed by atoms with Crippen molar-refractivity contribution in [3.8, 4) is 0 Å². The summed E-state index contributed by atoms with van der Waals surface area (Å²) in [6.07, 6.45) is 6.06. The molecular weight excluding hydrogens is 248 g/mol. The second kappa shape index (κ2) is 6.66. The van der Waals surface area contributed by atoms with E-state index in [1.807, 2.05) is 6.92 Å². The Labute approximate surface area is 112 Å². The molecular formula is C13H24N2O2S. The number of hydrogen-bond donors (Lipinski definition) is 2. The fourth-order valence-electron chi connectivity index (χ4n) is 3.08. The van der Waals surface area contributed by atoms with Crippen LogP contribution in [0.15, 0.2) is 0 Å². The zero-order valence-corrected chi connectivity index (χ0v) is 11.9. The van der Waals surface area contributed by atoms with Crippen molar-refractivity contribution < 1.29 is 9.00 Å². The van der Waals surface area contributed by atoms with E-state index in [1.54, 1.807) is 0 Å². The maximum Gasteiger partial charge on any atom is 0.237 e. The van der Waals surface area contributed by atoms with Crippen molar-refractivity contribution in [1.82, 2.24) is 10.6 Å². The lowest BCUT2D eigenvalue weighted by Crippen LogP contribution is -2.44. The number of nitrogens with one attached hydrogen (secondary N) is 2. The van der Waals surface area contributed by atoms with Crippen molar-refractivity contribution in [2.45, 2.75) is 51.1 Å². The van der Waals surface area contributed by atoms with Crippen molar-refractivity contribution >= 4 is 16.7 Å². The molecule has 0 aromatic rings. The van der Waals surface area contributed by atoms with E-state index in [0.29, 0.717) is 30.0 Å². The van der Waals surface area contributed by atoms with Gasteiger partial charge >= 0.3 is 0 Å². The van der Waals surface area contributed by atoms with Crippen molar-refractivity contribution in [3.63, 3.8) is 0 Å². The van der Waals surface area contributed by atoms with Crippen LogP contribution in [-0.4, -0.2) is 40.3 Å². The Hall–Kier alpha value is -0.420. The smallest absolute Gasteiger partial charge is 0.237 e. The average Bonchev–Trinajstić information content (AvgIpc) is 2.82. The summed E-state index contributed by atoms with van der Waals surface area (Å²) in [6, 6.07) is 0.535. The first kappa shape index (κ1) is 14.0. The van der Waals surface area contributed by atoms with E-state index >= 15 is 0 Å². The molecule has 4 nitrogen and oxygen atoms in total. The molecule has 0 spiro atoms. The molecule has 5 heteroatoms. The molecule has 1 saturated carbocycles. The minimum atomic E-state index is -0.787. The Balaban J connectivity index is 1.71. The zero-order chi connectivity index (χ0) is 13.0. The number of carbonyl (C=O) groups is 1. The molecule has 0 radical (unpaired) electrons. The molecule has 1 aliphatic carbocycles. The van der Waals surface area contributed by atoms with Crippen LogP contribution in [0.4, 0.5) is 0 Å². The Morgan fingerprint density at radius 1 is 1.39 bits per heavy atom. The molecule has 1 aliphatic heterocycles. The summed E-state index contributed by atoms with van der Waals surface area (Å²) in [4.78, 5) is 12.0. The van der Waals surface area contributed by atoms with Gasteiger partial charge in [-0.3, -0.25) is 9.00 Å². The van der Waals surface area contributed by atoms with Gasteiger partial charge in [-0.15, -0.1) is 0 Å². The van der Waals surface area contributed by atoms with Crippen molar-refractivity contribution in [2.24, 2.45) is 5.92 Å². The molecule has 1 heterocycles. The average molecular weight is 272 g/mol. The summed E-state index contributed by atoms with van der Waals surface area (Å²) in [6.45, 7) is 2.44. The van der Waals surface area contributed by atoms with Crippen LogP contribution < -0.4 is 10.6 Å². The van der Waals surface area contributed by atoms with Crippen LogP contribution in [0.2, 0.25) is 0 Å². The normalized spacial score (nSPS) is 32.8. The summed E-state index contributed by atoms with van der Waals surface area (Å²) >= 11 is 0. The minimum Gasteiger partial charge on any atom is -0.354 e. The van der Waals surface area contributed by atoms with E-state index in [4.69, 9.17) is 0 Å². The summed E-state index contributed by atoms with van der Waals surface area (Å²) in [5, 5.41) is 6.36. The van der Waals surface area contributed by atoms with Crippen LogP contribution >= 0.6 is 0 Å². The molecule has 2 N–H and O–H groups in total. The molecule has 4 atom stereocenters. The number of carbonyl (C=O) groups excluding carboxylic acids is 1. The highest BCUT2D eigenvalue weighted by Crippen LogP contribution is 2.33. The van der Waals surface area contributed by atoms with Gasteiger partial charge in [-0.1, -0.05) is 19.8 Å². The van der Waals surface area contributed by atoms with Crippen molar-refractivity contribution in [3.05, 3.63) is 0 Å². The van der Waals surface area contributed by atoms with Crippen LogP contribution in [0, 0.1) is 5.92 Å². The maximum atomic E-state index is 12.0. The summed E-state index contributed by atoms with van der Waals surface area (Å²) in [7, 11) is -0.787. The van der Waals surface area contributed by atoms with Gasteiger partial charge in [0.25, 0.3) is 0 Å². The lowest BCUT2D eigenvalue weighted by Gasteiger charge is -2.24. The molecule has 0 aromatic heterocycles. The molecule has 18 heavy (non-hydrogen) atoms. The molecule has 104 valence electrons. The first-order chi connectivity index (χ1) is 8.70. The zero-order valence-electron chi connectivity index (χ0n) is 11.1. The predicted octanol–water partition coefficient (Wildman–Crippen LogP) is 0.792. The lowest BCUT2D eigenvalue weighted by atomic mass is 9.85. The van der Waals surface area contributed by atoms with Gasteiger partial charge in [0.1, 0.15) is 0 Å². The molecule has 2 aliphatic rings. The number of amides is 1. The Morgan fingerprint density at radius 3 is 2.89 bits per heavy atom. The van der Waals surface area contributed by atoms with Gasteiger partial charge in [0.2, 0.25) is 5.91 Å². The summed E-state index contributed by atoms with van der Waals surface area (Å²) in [5.41, 5.74) is 0. The first-order valence-corrected chi connectivity index (χ1v) is 8.58. The highest BCUT2D eigenvalue weighted by molar-refractivity contribution is 7.84. The van der Waals surface area contributed by atoms with Gasteiger partial charge < -0.3 is 10.6 Å². The van der Waals surface area contributed by atoms with E-state index in [2.05, 4.69) is 10.6 Å². The second-order valence-electron chi connectivity index (χ2n) is 5.33. The van der Waals surface area contributed by atoms with Gasteiger partial charge in [0.05, 0.1) is 6.04 Å². The highest BCUT2D eigenvalue weighted by Gasteiger charge is 2.37. The fraction of sp³-hybridized carbons (Fsp3) is 0.923. The van der Waals surface area contributed by atoms with E-state index < -0.39 is 10.8 Å². The van der Waals surface area contributed by atoms with Crippen LogP contribution in [0.25, 0.3) is 0 Å². The van der Waals surface area contributed by atoms with Crippen molar-refractivity contribution in [1.29, 1.82) is 0 Å². The standard InChI is InChI=1S/C13H24N2O2S/c1-2-18(17)8-7-14-13(16)12-9-10-5-3-4-6-11(10)15-12/h10-12,15H,2-9H2,1H3,(H,14,16). The van der Waals surface area contributed by atoms with E-state index in [1.165, 1.54) is 25.7 Å². The Kier molecular flexibility index (Phi) is 5.18. The number of fused-ring (bicyclic) bond motifs is 1. The molecule has 1 saturated heterocycles. The number of hydrogen-bond acceptors (Lipinski definition) is 3. The van der Waals surface area contributed by atoms with E-state index in [-0.39, 0.29) is 11.9 Å². The first-order valence-electron chi connectivity index (χ1n) is 7.09. The third-order valence-electron chi connectivity index (χ3n) is 4.13. The second-order valence-corrected chi connectivity index (χ2v) is 7.19. The van der Waals surface area contributed by atoms with Crippen LogP contribution in [0.1, 0.15) is 39.0 Å². The highest BCUT2D eigenvalue weighted by atomic mass is 32.2. The third kappa shape index (κ3) is 3.54. The SMILES string of the molecule is CCS(=O)CCNC(=O)C1CC2CCCCC2N1. The molecule has 4 unspecified atom stereocenters. The molecule has 2 fully saturated rings. The third-order valence-corrected chi connectivity index (χ3v) is 5.43. The predicted molar refractivity (Wildman–Crippen MR) is 73.8 cm³/mol. The van der Waals surface area contributed by atoms with Gasteiger partial charge in [0, 0.05) is 34.9 Å². The summed E-state index contributed by atoms with van der Waals surface area (Å²) < 4.78 is 11.3. The van der Waals surface area contributed by atoms with Crippen LogP contribution in [0.3, 0.4) is 0 Å². The van der Waals surface area contributed by atoms with Gasteiger partial charge in [0.15, 0.2) is 0 Å². The van der Waals surface area contributed by atoms with Crippen LogP contribution in [0.5, 0.6) is 0 Å². The molecule has 0 bridgehead atoms. The lowest BCUT2D eigenvalue weighted by molar-refractivity contribution is -0.122. The monoisotopic (exact) mass is 272 g/mol. The Bertz CT molecular complexity index is 308.